The molecule has 33 heavy (non-hydrogen) atoms. The first-order chi connectivity index (χ1) is 15.6. The molecule has 2 atom stereocenters. The highest BCUT2D eigenvalue weighted by Crippen LogP contribution is 2.22. The van der Waals surface area contributed by atoms with Crippen molar-refractivity contribution in [3.63, 3.8) is 0 Å². The van der Waals surface area contributed by atoms with Crippen LogP contribution in [0.5, 0.6) is 5.88 Å². The summed E-state index contributed by atoms with van der Waals surface area (Å²) < 4.78 is 10.1. The number of ether oxygens (including phenoxy) is 1. The molecule has 2 unspecified atom stereocenters. The van der Waals surface area contributed by atoms with E-state index in [1.165, 1.54) is 5.19 Å². The summed E-state index contributed by atoms with van der Waals surface area (Å²) in [7, 11) is 0.158. The molecule has 0 radical (unpaired) electrons. The molecule has 3 N–H and O–H groups in total. The van der Waals surface area contributed by atoms with Crippen LogP contribution < -0.4 is 15.8 Å². The molecule has 0 saturated carbocycles. The number of nitrogens with zero attached hydrogens (tertiary/aromatic N) is 1. The van der Waals surface area contributed by atoms with Crippen LogP contribution in [0.2, 0.25) is 19.6 Å². The first-order valence-corrected chi connectivity index (χ1v) is 14.1. The third-order valence-electron chi connectivity index (χ3n) is 5.37. The van der Waals surface area contributed by atoms with E-state index in [9.17, 15) is 14.7 Å². The van der Waals surface area contributed by atoms with Gasteiger partial charge in [-0.3, -0.25) is 9.59 Å². The smallest absolute Gasteiger partial charge is 0.290 e. The standard InChI is InChI=1S/C24H29N3O5Si/c1-15(31-2)16-6-8-17(9-7-16)22(26-23(29)20-14-21(28)27-32-20)24(30)25-18-10-12-19(13-11-18)33(3,4)5/h6-15,22H,1-5H3,(H,25,30)(H,26,29)(H,27,28). The van der Waals surface area contributed by atoms with Crippen molar-refractivity contribution in [3.8, 4) is 5.88 Å². The van der Waals surface area contributed by atoms with Crippen LogP contribution in [0.15, 0.2) is 59.1 Å². The molecule has 174 valence electrons. The zero-order chi connectivity index (χ0) is 24.2. The lowest BCUT2D eigenvalue weighted by atomic mass is 10.0. The first-order valence-electron chi connectivity index (χ1n) is 10.6. The van der Waals surface area contributed by atoms with Gasteiger partial charge in [-0.2, -0.15) is 0 Å². The Hall–Kier alpha value is -3.43. The molecule has 8 nitrogen and oxygen atoms in total. The Bertz CT molecular complexity index is 1100. The summed E-state index contributed by atoms with van der Waals surface area (Å²) in [5.41, 5.74) is 2.15. The maximum absolute atomic E-state index is 13.2. The normalized spacial score (nSPS) is 13.2. The molecule has 9 heteroatoms. The number of aromatic hydroxyl groups is 1. The molecule has 2 amide bonds. The summed E-state index contributed by atoms with van der Waals surface area (Å²) in [4.78, 5) is 25.8. The molecular weight excluding hydrogens is 438 g/mol. The van der Waals surface area contributed by atoms with Gasteiger partial charge in [-0.15, -0.1) is 0 Å². The first kappa shape index (κ1) is 24.2. The van der Waals surface area contributed by atoms with Crippen LogP contribution in [0.1, 0.15) is 40.8 Å². The second-order valence-corrected chi connectivity index (χ2v) is 13.9. The third-order valence-corrected chi connectivity index (χ3v) is 7.44. The number of amides is 2. The van der Waals surface area contributed by atoms with E-state index in [-0.39, 0.29) is 11.9 Å². The lowest BCUT2D eigenvalue weighted by Crippen LogP contribution is -2.38. The van der Waals surface area contributed by atoms with Crippen LogP contribution in [-0.2, 0) is 9.53 Å². The molecule has 3 rings (SSSR count). The van der Waals surface area contributed by atoms with Gasteiger partial charge in [-0.25, -0.2) is 0 Å². The third kappa shape index (κ3) is 6.08. The van der Waals surface area contributed by atoms with E-state index < -0.39 is 31.8 Å². The van der Waals surface area contributed by atoms with Crippen molar-refractivity contribution >= 4 is 30.8 Å². The van der Waals surface area contributed by atoms with Gasteiger partial charge in [0.15, 0.2) is 0 Å². The van der Waals surface area contributed by atoms with Crippen LogP contribution >= 0.6 is 0 Å². The SMILES string of the molecule is COC(C)c1ccc(C(NC(=O)c2cc(O)no2)C(=O)Nc2ccc([Si](C)(C)C)cc2)cc1. The number of carbonyl (C=O) groups excluding carboxylic acids is 2. The number of anilines is 1. The lowest BCUT2D eigenvalue weighted by Gasteiger charge is -2.20. The van der Waals surface area contributed by atoms with Crippen molar-refractivity contribution in [1.29, 1.82) is 0 Å². The van der Waals surface area contributed by atoms with Crippen molar-refractivity contribution in [2.45, 2.75) is 38.7 Å². The van der Waals surface area contributed by atoms with Crippen molar-refractivity contribution in [1.82, 2.24) is 10.5 Å². The monoisotopic (exact) mass is 467 g/mol. The number of methoxy groups -OCH3 is 1. The fraction of sp³-hybridized carbons (Fsp3) is 0.292. The summed E-state index contributed by atoms with van der Waals surface area (Å²) in [5.74, 6) is -1.71. The number of benzene rings is 2. The van der Waals surface area contributed by atoms with Gasteiger partial charge in [-0.05, 0) is 35.3 Å². The second-order valence-electron chi connectivity index (χ2n) is 8.82. The van der Waals surface area contributed by atoms with Crippen molar-refractivity contribution in [2.75, 3.05) is 12.4 Å². The quantitative estimate of drug-likeness (QED) is 0.435. The topological polar surface area (TPSA) is 114 Å². The summed E-state index contributed by atoms with van der Waals surface area (Å²) in [6.45, 7) is 8.67. The zero-order valence-electron chi connectivity index (χ0n) is 19.4. The van der Waals surface area contributed by atoms with Crippen LogP contribution in [0.4, 0.5) is 5.69 Å². The maximum Gasteiger partial charge on any atom is 0.290 e. The van der Waals surface area contributed by atoms with Gasteiger partial charge in [-0.1, -0.05) is 61.2 Å². The second kappa shape index (κ2) is 10.0. The van der Waals surface area contributed by atoms with Gasteiger partial charge in [0.05, 0.1) is 20.2 Å². The van der Waals surface area contributed by atoms with E-state index in [1.54, 1.807) is 19.2 Å². The van der Waals surface area contributed by atoms with Crippen molar-refractivity contribution in [3.05, 3.63) is 71.5 Å². The van der Waals surface area contributed by atoms with E-state index in [1.807, 2.05) is 43.3 Å². The molecule has 2 aromatic carbocycles. The van der Waals surface area contributed by atoms with Gasteiger partial charge in [0.2, 0.25) is 5.76 Å². The summed E-state index contributed by atoms with van der Waals surface area (Å²) in [6.07, 6.45) is -0.108. The number of nitrogens with one attached hydrogen (secondary N) is 2. The van der Waals surface area contributed by atoms with Gasteiger partial charge in [0, 0.05) is 12.8 Å². The van der Waals surface area contributed by atoms with E-state index >= 15 is 0 Å². The molecule has 1 aromatic heterocycles. The average molecular weight is 468 g/mol. The van der Waals surface area contributed by atoms with Crippen LogP contribution in [0, 0.1) is 0 Å². The largest absolute Gasteiger partial charge is 0.491 e. The molecule has 0 spiro atoms. The fourth-order valence-electron chi connectivity index (χ4n) is 3.24. The van der Waals surface area contributed by atoms with Crippen molar-refractivity contribution < 1.29 is 24.0 Å². The summed E-state index contributed by atoms with van der Waals surface area (Å²) in [6, 6.07) is 15.1. The number of rotatable bonds is 8. The Morgan fingerprint density at radius 2 is 1.64 bits per heavy atom. The average Bonchev–Trinajstić information content (AvgIpc) is 3.23. The Morgan fingerprint density at radius 3 is 2.15 bits per heavy atom. The predicted octanol–water partition coefficient (Wildman–Crippen LogP) is 3.74. The van der Waals surface area contributed by atoms with E-state index in [0.29, 0.717) is 11.3 Å². The highest BCUT2D eigenvalue weighted by molar-refractivity contribution is 6.88. The Balaban J connectivity index is 1.85. The molecular formula is C24H29N3O5Si. The van der Waals surface area contributed by atoms with E-state index in [4.69, 9.17) is 9.26 Å². The summed E-state index contributed by atoms with van der Waals surface area (Å²) >= 11 is 0. The molecule has 0 aliphatic heterocycles. The number of aromatic nitrogens is 1. The maximum atomic E-state index is 13.2. The van der Waals surface area contributed by atoms with Gasteiger partial charge in [0.1, 0.15) is 6.04 Å². The molecule has 1 heterocycles. The van der Waals surface area contributed by atoms with Crippen molar-refractivity contribution in [2.24, 2.45) is 0 Å². The Kier molecular flexibility index (Phi) is 7.35. The Morgan fingerprint density at radius 1 is 1.03 bits per heavy atom. The minimum absolute atomic E-state index is 0.108. The zero-order valence-corrected chi connectivity index (χ0v) is 20.4. The number of hydrogen-bond donors (Lipinski definition) is 3. The van der Waals surface area contributed by atoms with Crippen LogP contribution in [0.3, 0.4) is 0 Å². The minimum atomic E-state index is -1.46. The van der Waals surface area contributed by atoms with Crippen LogP contribution in [0.25, 0.3) is 0 Å². The molecule has 0 bridgehead atoms. The molecule has 0 fully saturated rings. The molecule has 0 aliphatic carbocycles. The Labute approximate surface area is 194 Å². The highest BCUT2D eigenvalue weighted by atomic mass is 28.3. The van der Waals surface area contributed by atoms with Gasteiger partial charge in [0.25, 0.3) is 17.7 Å². The minimum Gasteiger partial charge on any atom is -0.491 e. The lowest BCUT2D eigenvalue weighted by molar-refractivity contribution is -0.118. The van der Waals surface area contributed by atoms with E-state index in [2.05, 4.69) is 35.4 Å². The van der Waals surface area contributed by atoms with Gasteiger partial charge >= 0.3 is 0 Å². The summed E-state index contributed by atoms with van der Waals surface area (Å²) in [5, 5.41) is 19.5. The van der Waals surface area contributed by atoms with Gasteiger partial charge < -0.3 is 25.0 Å². The predicted molar refractivity (Wildman–Crippen MR) is 128 cm³/mol. The van der Waals surface area contributed by atoms with Crippen LogP contribution in [-0.4, -0.2) is 37.3 Å². The van der Waals surface area contributed by atoms with E-state index in [0.717, 1.165) is 11.6 Å². The molecule has 0 saturated heterocycles. The number of carbonyl (C=O) groups is 2. The molecule has 0 aliphatic rings. The number of hydrogen-bond acceptors (Lipinski definition) is 6. The highest BCUT2D eigenvalue weighted by Gasteiger charge is 2.26. The molecule has 3 aromatic rings. The fourth-order valence-corrected chi connectivity index (χ4v) is 4.41.